The van der Waals surface area contributed by atoms with Gasteiger partial charge in [0.05, 0.1) is 11.1 Å². The summed E-state index contributed by atoms with van der Waals surface area (Å²) in [5.74, 6) is -1.63. The fourth-order valence-corrected chi connectivity index (χ4v) is 3.51. The average Bonchev–Trinajstić information content (AvgIpc) is 2.78. The SMILES string of the molecule is CCC(C)(c1ccccc1)C(OC(=O)c1cccc(C(=O)O)c1)c1ccccc1.[K]. The first kappa shape index (κ1) is 24.5. The molecule has 2 unspecified atom stereocenters. The summed E-state index contributed by atoms with van der Waals surface area (Å²) < 4.78 is 6.04. The van der Waals surface area contributed by atoms with Crippen molar-refractivity contribution in [3.63, 3.8) is 0 Å². The van der Waals surface area contributed by atoms with E-state index in [-0.39, 0.29) is 62.5 Å². The maximum Gasteiger partial charge on any atom is 0.338 e. The van der Waals surface area contributed by atoms with Gasteiger partial charge >= 0.3 is 11.9 Å². The molecule has 1 radical (unpaired) electrons. The quantitative estimate of drug-likeness (QED) is 0.412. The van der Waals surface area contributed by atoms with Crippen LogP contribution in [0.1, 0.15) is 58.2 Å². The number of ether oxygens (including phenoxy) is 1. The van der Waals surface area contributed by atoms with Crippen molar-refractivity contribution in [1.82, 2.24) is 0 Å². The van der Waals surface area contributed by atoms with Crippen LogP contribution in [0.4, 0.5) is 0 Å². The van der Waals surface area contributed by atoms with Crippen LogP contribution in [0.25, 0.3) is 0 Å². The smallest absolute Gasteiger partial charge is 0.338 e. The first-order valence-electron chi connectivity index (χ1n) is 9.60. The zero-order valence-electron chi connectivity index (χ0n) is 17.5. The third-order valence-electron chi connectivity index (χ3n) is 5.42. The molecule has 0 aliphatic carbocycles. The van der Waals surface area contributed by atoms with Gasteiger partial charge in [0.1, 0.15) is 6.10 Å². The zero-order valence-corrected chi connectivity index (χ0v) is 20.7. The molecule has 0 spiro atoms. The number of carboxylic acid groups (broad SMARTS) is 1. The second-order valence-corrected chi connectivity index (χ2v) is 7.22. The summed E-state index contributed by atoms with van der Waals surface area (Å²) in [6.07, 6.45) is 0.219. The van der Waals surface area contributed by atoms with Gasteiger partial charge in [0.2, 0.25) is 0 Å². The standard InChI is InChI=1S/C25H24O4.K/c1-3-25(2,21-15-8-5-9-16-21)22(18-11-6-4-7-12-18)29-24(28)20-14-10-13-19(17-20)23(26)27;/h4-17,22H,3H2,1-2H3,(H,26,27);. The average molecular weight is 428 g/mol. The molecule has 2 atom stereocenters. The van der Waals surface area contributed by atoms with Crippen LogP contribution in [0.3, 0.4) is 0 Å². The molecule has 0 bridgehead atoms. The predicted molar refractivity (Wildman–Crippen MR) is 118 cm³/mol. The molecule has 0 heterocycles. The van der Waals surface area contributed by atoms with Gasteiger partial charge in [-0.25, -0.2) is 9.59 Å². The summed E-state index contributed by atoms with van der Waals surface area (Å²) in [7, 11) is 0. The second-order valence-electron chi connectivity index (χ2n) is 7.22. The molecule has 1 N–H and O–H groups in total. The second kappa shape index (κ2) is 11.0. The topological polar surface area (TPSA) is 63.6 Å². The number of esters is 1. The third kappa shape index (κ3) is 5.48. The maximum atomic E-state index is 13.0. The van der Waals surface area contributed by atoms with Gasteiger partial charge in [0.25, 0.3) is 0 Å². The number of aromatic carboxylic acids is 1. The molecule has 5 heteroatoms. The Morgan fingerprint density at radius 2 is 1.47 bits per heavy atom. The summed E-state index contributed by atoms with van der Waals surface area (Å²) >= 11 is 0. The van der Waals surface area contributed by atoms with Crippen molar-refractivity contribution in [2.45, 2.75) is 31.8 Å². The normalized spacial score (nSPS) is 13.4. The molecular weight excluding hydrogens is 403 g/mol. The number of hydrogen-bond donors (Lipinski definition) is 1. The first-order chi connectivity index (χ1) is 14.0. The van der Waals surface area contributed by atoms with Gasteiger partial charge in [-0.2, -0.15) is 0 Å². The Hall–Kier alpha value is -1.76. The van der Waals surface area contributed by atoms with Crippen LogP contribution in [0.15, 0.2) is 84.9 Å². The van der Waals surface area contributed by atoms with Crippen LogP contribution in [0.2, 0.25) is 0 Å². The summed E-state index contributed by atoms with van der Waals surface area (Å²) in [5.41, 5.74) is 1.78. The summed E-state index contributed by atoms with van der Waals surface area (Å²) in [6, 6.07) is 25.6. The molecule has 0 saturated heterocycles. The number of carbonyl (C=O) groups excluding carboxylic acids is 1. The minimum atomic E-state index is -1.08. The van der Waals surface area contributed by atoms with Gasteiger partial charge in [-0.1, -0.05) is 80.6 Å². The number of carbonyl (C=O) groups is 2. The largest absolute Gasteiger partial charge is 0.478 e. The van der Waals surface area contributed by atoms with E-state index in [0.29, 0.717) is 0 Å². The van der Waals surface area contributed by atoms with Crippen LogP contribution in [-0.4, -0.2) is 68.4 Å². The fraction of sp³-hybridized carbons (Fsp3) is 0.200. The molecule has 0 amide bonds. The Balaban J connectivity index is 0.00000320. The van der Waals surface area contributed by atoms with Gasteiger partial charge in [-0.15, -0.1) is 0 Å². The molecular formula is C25H24KO4. The zero-order chi connectivity index (χ0) is 20.9. The molecule has 4 nitrogen and oxygen atoms in total. The van der Waals surface area contributed by atoms with Crippen LogP contribution < -0.4 is 0 Å². The Morgan fingerprint density at radius 3 is 2.03 bits per heavy atom. The Bertz CT molecular complexity index is 988. The van der Waals surface area contributed by atoms with Gasteiger partial charge in [-0.3, -0.25) is 0 Å². The van der Waals surface area contributed by atoms with E-state index in [2.05, 4.69) is 13.8 Å². The Labute approximate surface area is 219 Å². The van der Waals surface area contributed by atoms with Crippen LogP contribution in [0, 0.1) is 0 Å². The van der Waals surface area contributed by atoms with Crippen molar-refractivity contribution in [2.75, 3.05) is 0 Å². The molecule has 0 saturated carbocycles. The minimum absolute atomic E-state index is 0. The molecule has 0 aromatic heterocycles. The van der Waals surface area contributed by atoms with Crippen molar-refractivity contribution in [2.24, 2.45) is 0 Å². The van der Waals surface area contributed by atoms with Gasteiger partial charge in [-0.05, 0) is 35.7 Å². The number of hydrogen-bond acceptors (Lipinski definition) is 3. The van der Waals surface area contributed by atoms with Gasteiger partial charge in [0, 0.05) is 56.8 Å². The monoisotopic (exact) mass is 427 g/mol. The molecule has 0 aliphatic heterocycles. The summed E-state index contributed by atoms with van der Waals surface area (Å²) in [5, 5.41) is 9.21. The van der Waals surface area contributed by atoms with E-state index in [1.54, 1.807) is 12.1 Å². The fourth-order valence-electron chi connectivity index (χ4n) is 3.51. The van der Waals surface area contributed by atoms with Crippen molar-refractivity contribution in [3.05, 3.63) is 107 Å². The molecule has 30 heavy (non-hydrogen) atoms. The van der Waals surface area contributed by atoms with E-state index in [1.165, 1.54) is 12.1 Å². The van der Waals surface area contributed by atoms with Crippen LogP contribution >= 0.6 is 0 Å². The van der Waals surface area contributed by atoms with E-state index in [0.717, 1.165) is 17.5 Å². The summed E-state index contributed by atoms with van der Waals surface area (Å²) in [6.45, 7) is 4.16. The minimum Gasteiger partial charge on any atom is -0.478 e. The molecule has 149 valence electrons. The van der Waals surface area contributed by atoms with Crippen molar-refractivity contribution >= 4 is 63.3 Å². The first-order valence-corrected chi connectivity index (χ1v) is 9.60. The molecule has 0 fully saturated rings. The molecule has 3 aromatic carbocycles. The number of carboxylic acids is 1. The maximum absolute atomic E-state index is 13.0. The van der Waals surface area contributed by atoms with Crippen molar-refractivity contribution in [3.8, 4) is 0 Å². The van der Waals surface area contributed by atoms with E-state index < -0.39 is 23.5 Å². The number of rotatable bonds is 7. The Kier molecular flexibility index (Phi) is 9.01. The summed E-state index contributed by atoms with van der Waals surface area (Å²) in [4.78, 5) is 24.2. The van der Waals surface area contributed by atoms with Gasteiger partial charge < -0.3 is 9.84 Å². The van der Waals surface area contributed by atoms with Crippen LogP contribution in [0.5, 0.6) is 0 Å². The van der Waals surface area contributed by atoms with E-state index in [9.17, 15) is 14.7 Å². The van der Waals surface area contributed by atoms with E-state index in [1.807, 2.05) is 60.7 Å². The molecule has 3 rings (SSSR count). The number of benzene rings is 3. The van der Waals surface area contributed by atoms with E-state index >= 15 is 0 Å². The van der Waals surface area contributed by atoms with Crippen molar-refractivity contribution < 1.29 is 19.4 Å². The van der Waals surface area contributed by atoms with Gasteiger partial charge in [0.15, 0.2) is 0 Å². The van der Waals surface area contributed by atoms with Crippen LogP contribution in [-0.2, 0) is 10.2 Å². The Morgan fingerprint density at radius 1 is 0.900 bits per heavy atom. The van der Waals surface area contributed by atoms with E-state index in [4.69, 9.17) is 4.74 Å². The third-order valence-corrected chi connectivity index (χ3v) is 5.42. The molecule has 0 aliphatic rings. The predicted octanol–water partition coefficient (Wildman–Crippen LogP) is 5.27. The molecule has 3 aromatic rings. The van der Waals surface area contributed by atoms with Crippen molar-refractivity contribution in [1.29, 1.82) is 0 Å².